The molecule has 1 amide bonds. The summed E-state index contributed by atoms with van der Waals surface area (Å²) in [5.41, 5.74) is 0.686. The van der Waals surface area contributed by atoms with Crippen LogP contribution in [-0.2, 0) is 4.79 Å². The smallest absolute Gasteiger partial charge is 0.343 e. The number of esters is 1. The molecule has 0 aromatic heterocycles. The summed E-state index contributed by atoms with van der Waals surface area (Å²) in [5.74, 6) is -0.443. The molecule has 0 unspecified atom stereocenters. The van der Waals surface area contributed by atoms with Crippen LogP contribution in [0.2, 0.25) is 0 Å². The van der Waals surface area contributed by atoms with Gasteiger partial charge in [0.25, 0.3) is 11.6 Å². The number of non-ortho nitro benzene ring substituents is 1. The molecule has 158 valence electrons. The van der Waals surface area contributed by atoms with Gasteiger partial charge in [0.15, 0.2) is 11.5 Å². The van der Waals surface area contributed by atoms with Crippen LogP contribution in [0.3, 0.4) is 0 Å². The lowest BCUT2D eigenvalue weighted by atomic mass is 10.1. The van der Waals surface area contributed by atoms with E-state index in [0.29, 0.717) is 21.3 Å². The number of ether oxygens (including phenoxy) is 2. The van der Waals surface area contributed by atoms with Gasteiger partial charge in [0.05, 0.1) is 22.5 Å². The van der Waals surface area contributed by atoms with E-state index in [1.54, 1.807) is 30.4 Å². The molecule has 1 aliphatic rings. The fourth-order valence-corrected chi connectivity index (χ4v) is 3.95. The molecule has 0 atom stereocenters. The molecule has 1 fully saturated rings. The number of benzene rings is 2. The van der Waals surface area contributed by atoms with Gasteiger partial charge in [-0.15, -0.1) is 6.58 Å². The first-order chi connectivity index (χ1) is 14.8. The van der Waals surface area contributed by atoms with Crippen molar-refractivity contribution < 1.29 is 24.0 Å². The van der Waals surface area contributed by atoms with Crippen LogP contribution in [0.5, 0.6) is 11.5 Å². The van der Waals surface area contributed by atoms with Gasteiger partial charge in [-0.25, -0.2) is 4.79 Å². The molecule has 2 aromatic rings. The van der Waals surface area contributed by atoms with Crippen LogP contribution in [0, 0.1) is 10.1 Å². The van der Waals surface area contributed by atoms with E-state index < -0.39 is 10.9 Å². The van der Waals surface area contributed by atoms with Gasteiger partial charge >= 0.3 is 5.97 Å². The average molecular weight is 457 g/mol. The van der Waals surface area contributed by atoms with Crippen LogP contribution in [0.1, 0.15) is 15.9 Å². The number of amides is 1. The van der Waals surface area contributed by atoms with E-state index in [1.807, 2.05) is 0 Å². The molecular formula is C21H16N2O6S2. The minimum absolute atomic E-state index is 0.128. The molecule has 0 bridgehead atoms. The highest BCUT2D eigenvalue weighted by atomic mass is 32.2. The third kappa shape index (κ3) is 4.98. The van der Waals surface area contributed by atoms with Crippen molar-refractivity contribution in [3.63, 3.8) is 0 Å². The molecule has 0 spiro atoms. The number of methoxy groups -OCH3 is 1. The van der Waals surface area contributed by atoms with Crippen molar-refractivity contribution >= 4 is 51.9 Å². The van der Waals surface area contributed by atoms with Gasteiger partial charge in [0.2, 0.25) is 0 Å². The standard InChI is InChI=1S/C21H16N2O6S2/c1-3-10-22-19(24)18(31-21(22)30)12-13-4-9-16(17(11-13)28-2)29-20(25)14-5-7-15(8-6-14)23(26)27/h3-9,11-12H,1,10H2,2H3/b18-12-. The summed E-state index contributed by atoms with van der Waals surface area (Å²) in [6, 6.07) is 9.90. The minimum Gasteiger partial charge on any atom is -0.493 e. The molecule has 0 radical (unpaired) electrons. The maximum absolute atomic E-state index is 12.5. The van der Waals surface area contributed by atoms with Crippen LogP contribution in [0.4, 0.5) is 5.69 Å². The maximum Gasteiger partial charge on any atom is 0.343 e. The predicted octanol–water partition coefficient (Wildman–Crippen LogP) is 4.21. The number of nitrogens with zero attached hydrogens (tertiary/aromatic N) is 2. The summed E-state index contributed by atoms with van der Waals surface area (Å²) in [5, 5.41) is 10.7. The van der Waals surface area contributed by atoms with E-state index in [2.05, 4.69) is 6.58 Å². The third-order valence-electron chi connectivity index (χ3n) is 4.19. The molecule has 1 heterocycles. The molecular weight excluding hydrogens is 440 g/mol. The Bertz CT molecular complexity index is 1110. The fourth-order valence-electron chi connectivity index (χ4n) is 2.67. The quantitative estimate of drug-likeness (QED) is 0.116. The molecule has 1 saturated heterocycles. The Labute approximate surface area is 187 Å². The summed E-state index contributed by atoms with van der Waals surface area (Å²) in [6.45, 7) is 3.96. The highest BCUT2D eigenvalue weighted by Gasteiger charge is 2.31. The van der Waals surface area contributed by atoms with Gasteiger partial charge in [-0.2, -0.15) is 0 Å². The lowest BCUT2D eigenvalue weighted by Gasteiger charge is -2.11. The summed E-state index contributed by atoms with van der Waals surface area (Å²) >= 11 is 6.41. The third-order valence-corrected chi connectivity index (χ3v) is 5.56. The molecule has 31 heavy (non-hydrogen) atoms. The van der Waals surface area contributed by atoms with Gasteiger partial charge in [0.1, 0.15) is 4.32 Å². The molecule has 0 saturated carbocycles. The Balaban J connectivity index is 1.79. The molecule has 10 heteroatoms. The van der Waals surface area contributed by atoms with E-state index >= 15 is 0 Å². The van der Waals surface area contributed by atoms with Crippen molar-refractivity contribution in [3.05, 3.63) is 81.3 Å². The highest BCUT2D eigenvalue weighted by molar-refractivity contribution is 8.26. The number of hydrogen-bond acceptors (Lipinski definition) is 8. The lowest BCUT2D eigenvalue weighted by molar-refractivity contribution is -0.384. The van der Waals surface area contributed by atoms with Crippen molar-refractivity contribution in [3.8, 4) is 11.5 Å². The summed E-state index contributed by atoms with van der Waals surface area (Å²) < 4.78 is 11.1. The van der Waals surface area contributed by atoms with E-state index in [4.69, 9.17) is 21.7 Å². The Hall–Kier alpha value is -3.50. The second-order valence-electron chi connectivity index (χ2n) is 6.18. The zero-order valence-corrected chi connectivity index (χ0v) is 17.9. The van der Waals surface area contributed by atoms with Gasteiger partial charge in [-0.05, 0) is 35.9 Å². The van der Waals surface area contributed by atoms with Crippen LogP contribution in [0.15, 0.2) is 60.0 Å². The second kappa shape index (κ2) is 9.54. The van der Waals surface area contributed by atoms with Crippen molar-refractivity contribution in [2.24, 2.45) is 0 Å². The van der Waals surface area contributed by atoms with Gasteiger partial charge in [0, 0.05) is 18.7 Å². The number of nitro benzene ring substituents is 1. The molecule has 3 rings (SSSR count). The number of carbonyl (C=O) groups is 2. The SMILES string of the molecule is C=CCN1C(=O)/C(=C/c2ccc(OC(=O)c3ccc([N+](=O)[O-])cc3)c(OC)c2)SC1=S. The van der Waals surface area contributed by atoms with Crippen LogP contribution < -0.4 is 9.47 Å². The number of thiocarbonyl (C=S) groups is 1. The van der Waals surface area contributed by atoms with Crippen molar-refractivity contribution in [2.75, 3.05) is 13.7 Å². The topological polar surface area (TPSA) is 99.0 Å². The normalized spacial score (nSPS) is 14.6. The van der Waals surface area contributed by atoms with E-state index in [-0.39, 0.29) is 28.7 Å². The van der Waals surface area contributed by atoms with E-state index in [1.165, 1.54) is 48.0 Å². The summed E-state index contributed by atoms with van der Waals surface area (Å²) in [7, 11) is 1.42. The van der Waals surface area contributed by atoms with E-state index in [9.17, 15) is 19.7 Å². The molecule has 2 aromatic carbocycles. The minimum atomic E-state index is -0.689. The van der Waals surface area contributed by atoms with Crippen molar-refractivity contribution in [2.45, 2.75) is 0 Å². The molecule has 0 aliphatic carbocycles. The average Bonchev–Trinajstić information content (AvgIpc) is 3.02. The lowest BCUT2D eigenvalue weighted by Crippen LogP contribution is -2.27. The Morgan fingerprint density at radius 1 is 1.26 bits per heavy atom. The van der Waals surface area contributed by atoms with Crippen molar-refractivity contribution in [1.82, 2.24) is 4.90 Å². The molecule has 8 nitrogen and oxygen atoms in total. The summed E-state index contributed by atoms with van der Waals surface area (Å²) in [6.07, 6.45) is 3.28. The number of rotatable bonds is 7. The number of nitro groups is 1. The van der Waals surface area contributed by atoms with Gasteiger partial charge < -0.3 is 9.47 Å². The first kappa shape index (κ1) is 22.2. The zero-order chi connectivity index (χ0) is 22.5. The zero-order valence-electron chi connectivity index (χ0n) is 16.3. The number of hydrogen-bond donors (Lipinski definition) is 0. The van der Waals surface area contributed by atoms with Crippen LogP contribution in [0.25, 0.3) is 6.08 Å². The maximum atomic E-state index is 12.5. The first-order valence-electron chi connectivity index (χ1n) is 8.85. The van der Waals surface area contributed by atoms with Gasteiger partial charge in [-0.3, -0.25) is 19.8 Å². The predicted molar refractivity (Wildman–Crippen MR) is 121 cm³/mol. The highest BCUT2D eigenvalue weighted by Crippen LogP contribution is 2.35. The molecule has 0 N–H and O–H groups in total. The van der Waals surface area contributed by atoms with Crippen molar-refractivity contribution in [1.29, 1.82) is 0 Å². The second-order valence-corrected chi connectivity index (χ2v) is 7.86. The van der Waals surface area contributed by atoms with Gasteiger partial charge in [-0.1, -0.05) is 36.1 Å². The van der Waals surface area contributed by atoms with Crippen LogP contribution >= 0.6 is 24.0 Å². The van der Waals surface area contributed by atoms with E-state index in [0.717, 1.165) is 0 Å². The fraction of sp³-hybridized carbons (Fsp3) is 0.0952. The first-order valence-corrected chi connectivity index (χ1v) is 10.1. The number of thioether (sulfide) groups is 1. The Morgan fingerprint density at radius 3 is 2.58 bits per heavy atom. The Morgan fingerprint density at radius 2 is 1.97 bits per heavy atom. The molecule has 1 aliphatic heterocycles. The largest absolute Gasteiger partial charge is 0.493 e. The van der Waals surface area contributed by atoms with Crippen LogP contribution in [-0.4, -0.2) is 39.7 Å². The monoisotopic (exact) mass is 456 g/mol. The number of carbonyl (C=O) groups excluding carboxylic acids is 2. The summed E-state index contributed by atoms with van der Waals surface area (Å²) in [4.78, 5) is 36.9. The Kier molecular flexibility index (Phi) is 6.83.